The summed E-state index contributed by atoms with van der Waals surface area (Å²) in [5.41, 5.74) is 1.10. The molecular formula is C13H21N2O2Ru. The minimum absolute atomic E-state index is 0. The van der Waals surface area contributed by atoms with Crippen molar-refractivity contribution in [1.29, 1.82) is 0 Å². The number of nitrogens with zero attached hydrogens (tertiary/aromatic N) is 2. The topological polar surface area (TPSA) is 59.9 Å². The summed E-state index contributed by atoms with van der Waals surface area (Å²) in [4.78, 5) is 23.4. The number of rotatable bonds is 1. The number of hydrogen-bond acceptors (Lipinski definition) is 4. The molecule has 0 amide bonds. The second-order valence-corrected chi connectivity index (χ2v) is 3.79. The quantitative estimate of drug-likeness (QED) is 0.449. The van der Waals surface area contributed by atoms with Gasteiger partial charge in [0.25, 0.3) is 0 Å². The predicted molar refractivity (Wildman–Crippen MR) is 69.9 cm³/mol. The summed E-state index contributed by atoms with van der Waals surface area (Å²) < 4.78 is 0. The van der Waals surface area contributed by atoms with E-state index in [1.807, 2.05) is 6.07 Å². The van der Waals surface area contributed by atoms with E-state index in [4.69, 9.17) is 9.59 Å². The molecule has 0 saturated carbocycles. The molecule has 4 nitrogen and oxygen atoms in total. The average molecular weight is 338 g/mol. The van der Waals surface area contributed by atoms with Crippen LogP contribution in [-0.4, -0.2) is 23.5 Å². The summed E-state index contributed by atoms with van der Waals surface area (Å²) >= 11 is 0. The Morgan fingerprint density at radius 1 is 1.11 bits per heavy atom. The first-order valence-corrected chi connectivity index (χ1v) is 5.03. The third-order valence-corrected chi connectivity index (χ3v) is 1.20. The molecule has 0 bridgehead atoms. The smallest absolute Gasteiger partial charge is 0.545 e. The van der Waals surface area contributed by atoms with E-state index in [0.29, 0.717) is 5.92 Å². The van der Waals surface area contributed by atoms with Crippen LogP contribution in [0.4, 0.5) is 0 Å². The normalized spacial score (nSPS) is 7.50. The van der Waals surface area contributed by atoms with Crippen molar-refractivity contribution in [3.8, 4) is 0 Å². The maximum atomic E-state index is 7.75. The Hall–Kier alpha value is -0.957. The van der Waals surface area contributed by atoms with Crippen molar-refractivity contribution in [2.75, 3.05) is 0 Å². The monoisotopic (exact) mass is 339 g/mol. The van der Waals surface area contributed by atoms with Crippen LogP contribution in [0.5, 0.6) is 0 Å². The van der Waals surface area contributed by atoms with Crippen LogP contribution < -0.4 is 0 Å². The second kappa shape index (κ2) is 21.3. The minimum atomic E-state index is 0. The van der Waals surface area contributed by atoms with Crippen molar-refractivity contribution in [2.24, 2.45) is 0 Å². The molecule has 1 heterocycles. The van der Waals surface area contributed by atoms with Crippen molar-refractivity contribution in [2.45, 2.75) is 40.5 Å². The molecule has 18 heavy (non-hydrogen) atoms. The van der Waals surface area contributed by atoms with Gasteiger partial charge < -0.3 is 15.5 Å². The molecule has 0 unspecified atom stereocenters. The largest absolute Gasteiger partial charge is 3.00 e. The molecule has 0 atom stereocenters. The van der Waals surface area contributed by atoms with Crippen LogP contribution in [0.15, 0.2) is 18.6 Å². The van der Waals surface area contributed by atoms with E-state index < -0.39 is 0 Å². The summed E-state index contributed by atoms with van der Waals surface area (Å²) in [7, 11) is 0. The predicted octanol–water partition coefficient (Wildman–Crippen LogP) is 2.67. The van der Waals surface area contributed by atoms with Gasteiger partial charge in [0.05, 0.1) is 0 Å². The van der Waals surface area contributed by atoms with E-state index >= 15 is 0 Å². The van der Waals surface area contributed by atoms with Gasteiger partial charge in [-0.1, -0.05) is 13.8 Å². The maximum absolute atomic E-state index is 7.75. The van der Waals surface area contributed by atoms with Gasteiger partial charge in [0.15, 0.2) is 0 Å². The summed E-state index contributed by atoms with van der Waals surface area (Å²) in [5, 5.41) is 0. The Morgan fingerprint density at radius 2 is 1.50 bits per heavy atom. The fraction of sp³-hybridized carbons (Fsp3) is 0.462. The van der Waals surface area contributed by atoms with Crippen LogP contribution in [0.2, 0.25) is 0 Å². The van der Waals surface area contributed by atoms with E-state index in [2.05, 4.69) is 58.2 Å². The molecule has 1 radical (unpaired) electrons. The van der Waals surface area contributed by atoms with Crippen LogP contribution in [-0.2, 0) is 29.1 Å². The van der Waals surface area contributed by atoms with Crippen LogP contribution in [0.25, 0.3) is 0 Å². The number of hydrogen-bond donors (Lipinski definition) is 0. The van der Waals surface area contributed by atoms with Crippen molar-refractivity contribution < 1.29 is 29.1 Å². The summed E-state index contributed by atoms with van der Waals surface area (Å²) in [6.07, 6.45) is 3.34. The van der Waals surface area contributed by atoms with Gasteiger partial charge >= 0.3 is 19.5 Å². The van der Waals surface area contributed by atoms with Gasteiger partial charge in [0.1, 0.15) is 6.33 Å². The average Bonchev–Trinajstić information content (AvgIpc) is 2.34. The Balaban J connectivity index is -0.0000000937. The SMILES string of the molecule is CC(C)c1ccncn1.C[C-](C)C.[CH-]=O.[CH-]=O.[Ru+3]. The molecule has 0 spiro atoms. The zero-order valence-electron chi connectivity index (χ0n) is 11.5. The zero-order chi connectivity index (χ0) is 14.3. The molecule has 1 rings (SSSR count). The Bertz CT molecular complexity index is 239. The molecule has 0 aromatic carbocycles. The van der Waals surface area contributed by atoms with Gasteiger partial charge in [-0.2, -0.15) is 20.8 Å². The van der Waals surface area contributed by atoms with Gasteiger partial charge in [-0.25, -0.2) is 9.97 Å². The van der Waals surface area contributed by atoms with E-state index in [0.717, 1.165) is 5.69 Å². The molecular weight excluding hydrogens is 317 g/mol. The fourth-order valence-corrected chi connectivity index (χ4v) is 0.642. The van der Waals surface area contributed by atoms with Crippen molar-refractivity contribution >= 4 is 13.6 Å². The molecule has 1 aromatic heterocycles. The summed E-state index contributed by atoms with van der Waals surface area (Å²) in [6, 6.07) is 1.94. The van der Waals surface area contributed by atoms with Crippen LogP contribution in [0, 0.1) is 5.92 Å². The van der Waals surface area contributed by atoms with E-state index in [-0.39, 0.29) is 19.5 Å². The summed E-state index contributed by atoms with van der Waals surface area (Å²) in [5.74, 6) is 1.92. The standard InChI is InChI=1S/C7H10N2.C4H9.2CHO.Ru/c1-6(2)7-3-4-8-5-9-7;1-4(2)3;2*1-2;/h3-6H,1-2H3;1-3H3;2*1H;/q;3*-1;+3. The first-order chi connectivity index (χ1) is 8.04. The third-order valence-electron chi connectivity index (χ3n) is 1.20. The van der Waals surface area contributed by atoms with Crippen LogP contribution in [0.3, 0.4) is 0 Å². The van der Waals surface area contributed by atoms with Crippen LogP contribution >= 0.6 is 0 Å². The first kappa shape index (κ1) is 25.8. The zero-order valence-corrected chi connectivity index (χ0v) is 13.3. The van der Waals surface area contributed by atoms with Crippen molar-refractivity contribution in [3.63, 3.8) is 0 Å². The van der Waals surface area contributed by atoms with Gasteiger partial charge in [0, 0.05) is 11.9 Å². The molecule has 0 aliphatic rings. The van der Waals surface area contributed by atoms with Gasteiger partial charge in [-0.05, 0) is 12.0 Å². The summed E-state index contributed by atoms with van der Waals surface area (Å²) in [6.45, 7) is 17.0. The molecule has 5 heteroatoms. The van der Waals surface area contributed by atoms with Crippen LogP contribution in [0.1, 0.15) is 46.2 Å². The van der Waals surface area contributed by atoms with Gasteiger partial charge in [-0.15, -0.1) is 0 Å². The third kappa shape index (κ3) is 24.3. The number of aromatic nitrogens is 2. The minimum Gasteiger partial charge on any atom is -0.545 e. The molecule has 0 saturated heterocycles. The molecule has 0 aliphatic carbocycles. The molecule has 0 aliphatic heterocycles. The van der Waals surface area contributed by atoms with Gasteiger partial charge in [0.2, 0.25) is 0 Å². The Morgan fingerprint density at radius 3 is 1.67 bits per heavy atom. The first-order valence-electron chi connectivity index (χ1n) is 5.03. The Kier molecular flexibility index (Phi) is 30.6. The maximum Gasteiger partial charge on any atom is 3.00 e. The molecule has 103 valence electrons. The molecule has 0 fully saturated rings. The van der Waals surface area contributed by atoms with E-state index in [1.54, 1.807) is 12.5 Å². The Labute approximate surface area is 123 Å². The van der Waals surface area contributed by atoms with Gasteiger partial charge in [-0.3, -0.25) is 13.6 Å². The molecule has 1 aromatic rings. The van der Waals surface area contributed by atoms with Crippen molar-refractivity contribution in [3.05, 3.63) is 30.2 Å². The molecule has 0 N–H and O–H groups in total. The fourth-order valence-electron chi connectivity index (χ4n) is 0.642. The van der Waals surface area contributed by atoms with E-state index in [9.17, 15) is 0 Å². The van der Waals surface area contributed by atoms with Crippen molar-refractivity contribution in [1.82, 2.24) is 9.97 Å². The number of carbonyl (C=O) groups excluding carboxylic acids is 2. The van der Waals surface area contributed by atoms with E-state index in [1.165, 1.54) is 5.92 Å². The second-order valence-electron chi connectivity index (χ2n) is 3.79.